The largest absolute Gasteiger partial charge is 0.414 e. The third kappa shape index (κ3) is 23.0. The van der Waals surface area contributed by atoms with E-state index in [2.05, 4.69) is 17.5 Å². The SMILES string of the molecule is CCCCCCCCCCCCOS(=O)(=O)OS(=O)(=O)CCCCCCCCCCCC. The van der Waals surface area contributed by atoms with E-state index in [0.29, 0.717) is 12.8 Å². The normalized spacial score (nSPS) is 12.4. The van der Waals surface area contributed by atoms with Gasteiger partial charge in [-0.25, -0.2) is 4.18 Å². The van der Waals surface area contributed by atoms with Crippen LogP contribution < -0.4 is 0 Å². The molecule has 32 heavy (non-hydrogen) atoms. The van der Waals surface area contributed by atoms with E-state index in [1.807, 2.05) is 0 Å². The molecule has 0 aliphatic rings. The van der Waals surface area contributed by atoms with Crippen LogP contribution in [-0.2, 0) is 28.3 Å². The molecule has 0 unspecified atom stereocenters. The fourth-order valence-corrected chi connectivity index (χ4v) is 6.02. The molecule has 0 fully saturated rings. The van der Waals surface area contributed by atoms with Gasteiger partial charge in [0, 0.05) is 0 Å². The van der Waals surface area contributed by atoms with Crippen molar-refractivity contribution < 1.29 is 24.6 Å². The van der Waals surface area contributed by atoms with Crippen molar-refractivity contribution in [2.75, 3.05) is 12.4 Å². The van der Waals surface area contributed by atoms with Crippen LogP contribution >= 0.6 is 0 Å². The second-order valence-corrected chi connectivity index (χ2v) is 12.0. The maximum Gasteiger partial charge on any atom is 0.414 e. The van der Waals surface area contributed by atoms with Gasteiger partial charge in [0.25, 0.3) is 10.1 Å². The molecule has 0 aromatic rings. The fourth-order valence-electron chi connectivity index (χ4n) is 3.70. The Bertz CT molecular complexity index is 602. The van der Waals surface area contributed by atoms with Gasteiger partial charge in [0.2, 0.25) is 0 Å². The first-order valence-corrected chi connectivity index (χ1v) is 16.1. The number of hydrogen-bond acceptors (Lipinski definition) is 6. The molecule has 0 bridgehead atoms. The van der Waals surface area contributed by atoms with Crippen LogP contribution in [0, 0.1) is 0 Å². The molecule has 8 heteroatoms. The summed E-state index contributed by atoms with van der Waals surface area (Å²) < 4.78 is 56.4. The van der Waals surface area contributed by atoms with Gasteiger partial charge in [-0.3, -0.25) is 0 Å². The first kappa shape index (κ1) is 31.8. The van der Waals surface area contributed by atoms with Crippen molar-refractivity contribution in [3.8, 4) is 0 Å². The minimum Gasteiger partial charge on any atom is -0.247 e. The second kappa shape index (κ2) is 21.4. The highest BCUT2D eigenvalue weighted by molar-refractivity contribution is 7.97. The Balaban J connectivity index is 3.69. The maximum absolute atomic E-state index is 11.9. The summed E-state index contributed by atoms with van der Waals surface area (Å²) in [5.74, 6) is -0.287. The van der Waals surface area contributed by atoms with E-state index in [-0.39, 0.29) is 12.4 Å². The van der Waals surface area contributed by atoms with E-state index in [1.54, 1.807) is 0 Å². The highest BCUT2D eigenvalue weighted by atomic mass is 32.3. The second-order valence-electron chi connectivity index (χ2n) is 8.92. The Hall–Kier alpha value is -0.180. The van der Waals surface area contributed by atoms with Gasteiger partial charge in [-0.05, 0) is 12.8 Å². The molecule has 0 aromatic carbocycles. The van der Waals surface area contributed by atoms with Crippen LogP contribution in [0.3, 0.4) is 0 Å². The first-order valence-electron chi connectivity index (χ1n) is 13.2. The molecule has 0 N–H and O–H groups in total. The van der Waals surface area contributed by atoms with Gasteiger partial charge in [-0.1, -0.05) is 129 Å². The van der Waals surface area contributed by atoms with Crippen molar-refractivity contribution in [2.24, 2.45) is 0 Å². The van der Waals surface area contributed by atoms with Gasteiger partial charge in [0.05, 0.1) is 12.4 Å². The van der Waals surface area contributed by atoms with Crippen molar-refractivity contribution in [3.63, 3.8) is 0 Å². The molecule has 0 heterocycles. The van der Waals surface area contributed by atoms with E-state index in [0.717, 1.165) is 38.5 Å². The summed E-state index contributed by atoms with van der Waals surface area (Å²) in [6.45, 7) is 4.38. The van der Waals surface area contributed by atoms with E-state index in [1.165, 1.54) is 77.0 Å². The molecule has 0 spiro atoms. The highest BCUT2D eigenvalue weighted by Crippen LogP contribution is 2.14. The van der Waals surface area contributed by atoms with Gasteiger partial charge in [-0.2, -0.15) is 16.8 Å². The van der Waals surface area contributed by atoms with Crippen LogP contribution in [0.4, 0.5) is 0 Å². The van der Waals surface area contributed by atoms with E-state index in [9.17, 15) is 16.8 Å². The van der Waals surface area contributed by atoms with Gasteiger partial charge in [-0.15, -0.1) is 3.63 Å². The molecular formula is C24H50O6S2. The zero-order valence-electron chi connectivity index (χ0n) is 20.8. The third-order valence-electron chi connectivity index (χ3n) is 5.66. The molecular weight excluding hydrogens is 448 g/mol. The molecule has 6 nitrogen and oxygen atoms in total. The van der Waals surface area contributed by atoms with Crippen molar-refractivity contribution in [1.82, 2.24) is 0 Å². The highest BCUT2D eigenvalue weighted by Gasteiger charge is 2.23. The molecule has 0 radical (unpaired) electrons. The molecule has 0 rings (SSSR count). The predicted molar refractivity (Wildman–Crippen MR) is 133 cm³/mol. The average Bonchev–Trinajstić information content (AvgIpc) is 2.72. The zero-order valence-corrected chi connectivity index (χ0v) is 22.5. The molecule has 0 aromatic heterocycles. The lowest BCUT2D eigenvalue weighted by atomic mass is 10.1. The quantitative estimate of drug-likeness (QED) is 0.122. The van der Waals surface area contributed by atoms with Crippen molar-refractivity contribution in [2.45, 2.75) is 142 Å². The van der Waals surface area contributed by atoms with Crippen LogP contribution in [0.25, 0.3) is 0 Å². The molecule has 0 amide bonds. The van der Waals surface area contributed by atoms with Crippen LogP contribution in [0.2, 0.25) is 0 Å². The Morgan fingerprint density at radius 2 is 0.812 bits per heavy atom. The van der Waals surface area contributed by atoms with E-state index >= 15 is 0 Å². The van der Waals surface area contributed by atoms with Gasteiger partial charge < -0.3 is 0 Å². The number of rotatable bonds is 25. The van der Waals surface area contributed by atoms with Crippen molar-refractivity contribution in [1.29, 1.82) is 0 Å². The molecule has 0 aliphatic carbocycles. The topological polar surface area (TPSA) is 86.7 Å². The van der Waals surface area contributed by atoms with Crippen molar-refractivity contribution >= 4 is 20.5 Å². The van der Waals surface area contributed by atoms with Gasteiger partial charge in [0.15, 0.2) is 0 Å². The predicted octanol–water partition coefficient (Wildman–Crippen LogP) is 7.44. The summed E-state index contributed by atoms with van der Waals surface area (Å²) in [5, 5.41) is 0. The van der Waals surface area contributed by atoms with Crippen LogP contribution in [0.15, 0.2) is 0 Å². The third-order valence-corrected chi connectivity index (χ3v) is 8.40. The summed E-state index contributed by atoms with van der Waals surface area (Å²) >= 11 is 0. The zero-order chi connectivity index (χ0) is 24.0. The minimum absolute atomic E-state index is 0.0351. The average molecular weight is 499 g/mol. The van der Waals surface area contributed by atoms with Gasteiger partial charge >= 0.3 is 10.4 Å². The molecule has 194 valence electrons. The standard InChI is InChI=1S/C24H50O6S2/c1-3-5-7-9-11-13-15-17-19-21-23-29-32(27,28)30-31(25,26)24-22-20-18-16-14-12-10-8-6-4-2/h3-24H2,1-2H3. The van der Waals surface area contributed by atoms with E-state index < -0.39 is 20.5 Å². The summed E-state index contributed by atoms with van der Waals surface area (Å²) in [6.07, 6.45) is 22.0. The summed E-state index contributed by atoms with van der Waals surface area (Å²) in [7, 11) is -8.62. The van der Waals surface area contributed by atoms with Gasteiger partial charge in [0.1, 0.15) is 0 Å². The molecule has 0 saturated carbocycles. The Kier molecular flexibility index (Phi) is 21.2. The maximum atomic E-state index is 11.9. The fraction of sp³-hybridized carbons (Fsp3) is 1.00. The van der Waals surface area contributed by atoms with Crippen LogP contribution in [0.5, 0.6) is 0 Å². The summed E-state index contributed by atoms with van der Waals surface area (Å²) in [4.78, 5) is 0. The van der Waals surface area contributed by atoms with Crippen LogP contribution in [0.1, 0.15) is 142 Å². The van der Waals surface area contributed by atoms with E-state index in [4.69, 9.17) is 4.18 Å². The minimum atomic E-state index is -4.50. The number of unbranched alkanes of at least 4 members (excludes halogenated alkanes) is 18. The lowest BCUT2D eigenvalue weighted by Gasteiger charge is -2.07. The smallest absolute Gasteiger partial charge is 0.247 e. The van der Waals surface area contributed by atoms with Crippen LogP contribution in [-0.4, -0.2) is 29.2 Å². The lowest BCUT2D eigenvalue weighted by molar-refractivity contribution is 0.267. The molecule has 0 saturated heterocycles. The molecule has 0 atom stereocenters. The Morgan fingerprint density at radius 1 is 0.469 bits per heavy atom. The number of hydrogen-bond donors (Lipinski definition) is 0. The monoisotopic (exact) mass is 498 g/mol. The Labute approximate surface area is 199 Å². The first-order chi connectivity index (χ1) is 15.3. The lowest BCUT2D eigenvalue weighted by Crippen LogP contribution is -2.19. The Morgan fingerprint density at radius 3 is 1.22 bits per heavy atom. The van der Waals surface area contributed by atoms with Crippen molar-refractivity contribution in [3.05, 3.63) is 0 Å². The summed E-state index contributed by atoms with van der Waals surface area (Å²) in [6, 6.07) is 0. The summed E-state index contributed by atoms with van der Waals surface area (Å²) in [5.41, 5.74) is 0. The molecule has 0 aliphatic heterocycles.